The smallest absolute Gasteiger partial charge is 0.407 e. The van der Waals surface area contributed by atoms with E-state index in [0.717, 1.165) is 36.9 Å². The molecule has 0 saturated carbocycles. The zero-order chi connectivity index (χ0) is 22.7. The minimum atomic E-state index is -3.49. The lowest BCUT2D eigenvalue weighted by molar-refractivity contribution is 0.106. The minimum absolute atomic E-state index is 0.00451. The minimum Gasteiger partial charge on any atom is -0.465 e. The van der Waals surface area contributed by atoms with Crippen molar-refractivity contribution in [2.75, 3.05) is 43.9 Å². The first-order chi connectivity index (χ1) is 15.4. The second-order valence-corrected chi connectivity index (χ2v) is 11.9. The molecule has 0 spiro atoms. The predicted octanol–water partition coefficient (Wildman–Crippen LogP) is 2.92. The van der Waals surface area contributed by atoms with Gasteiger partial charge in [0, 0.05) is 45.0 Å². The summed E-state index contributed by atoms with van der Waals surface area (Å²) in [5.41, 5.74) is 0. The molecule has 9 nitrogen and oxygen atoms in total. The van der Waals surface area contributed by atoms with E-state index in [4.69, 9.17) is 0 Å². The lowest BCUT2D eigenvalue weighted by atomic mass is 10.0. The van der Waals surface area contributed by atoms with Crippen molar-refractivity contribution in [2.45, 2.75) is 34.7 Å². The first kappa shape index (κ1) is 23.3. The van der Waals surface area contributed by atoms with Gasteiger partial charge in [-0.25, -0.2) is 23.2 Å². The zero-order valence-electron chi connectivity index (χ0n) is 17.8. The number of nitrogens with zero attached hydrogens (tertiary/aromatic N) is 5. The molecule has 174 valence electrons. The highest BCUT2D eigenvalue weighted by atomic mass is 32.2. The summed E-state index contributed by atoms with van der Waals surface area (Å²) in [5.74, 6) is 0.875. The third-order valence-corrected chi connectivity index (χ3v) is 9.87. The molecule has 4 rings (SSSR count). The number of hydrogen-bond acceptors (Lipinski definition) is 8. The molecule has 2 aromatic heterocycles. The topological polar surface area (TPSA) is 107 Å². The van der Waals surface area contributed by atoms with Crippen molar-refractivity contribution >= 4 is 45.0 Å². The number of amides is 1. The zero-order valence-corrected chi connectivity index (χ0v) is 20.3. The van der Waals surface area contributed by atoms with Crippen molar-refractivity contribution in [1.82, 2.24) is 19.2 Å². The lowest BCUT2D eigenvalue weighted by Crippen LogP contribution is -2.49. The van der Waals surface area contributed by atoms with Crippen LogP contribution >= 0.6 is 23.1 Å². The molecule has 2 aromatic rings. The van der Waals surface area contributed by atoms with Crippen LogP contribution in [-0.4, -0.2) is 83.8 Å². The molecule has 32 heavy (non-hydrogen) atoms. The van der Waals surface area contributed by atoms with Gasteiger partial charge in [-0.05, 0) is 48.9 Å². The monoisotopic (exact) mass is 497 g/mol. The summed E-state index contributed by atoms with van der Waals surface area (Å²) in [5, 5.41) is 12.3. The van der Waals surface area contributed by atoms with Crippen LogP contribution in [0.5, 0.6) is 0 Å². The molecular weight excluding hydrogens is 470 g/mol. The normalized spacial score (nSPS) is 20.5. The molecule has 2 aliphatic heterocycles. The fourth-order valence-corrected chi connectivity index (χ4v) is 7.40. The van der Waals surface area contributed by atoms with Crippen LogP contribution < -0.4 is 4.90 Å². The summed E-state index contributed by atoms with van der Waals surface area (Å²) >= 11 is 2.70. The Hall–Kier alpha value is -1.89. The van der Waals surface area contributed by atoms with E-state index < -0.39 is 16.1 Å². The van der Waals surface area contributed by atoms with Crippen molar-refractivity contribution in [3.05, 3.63) is 29.8 Å². The number of anilines is 1. The van der Waals surface area contributed by atoms with E-state index in [1.54, 1.807) is 23.7 Å². The quantitative estimate of drug-likeness (QED) is 0.460. The van der Waals surface area contributed by atoms with Crippen LogP contribution in [0.1, 0.15) is 19.3 Å². The molecule has 4 heterocycles. The van der Waals surface area contributed by atoms with E-state index in [-0.39, 0.29) is 12.0 Å². The first-order valence-electron chi connectivity index (χ1n) is 10.5. The van der Waals surface area contributed by atoms with Gasteiger partial charge in [-0.1, -0.05) is 17.8 Å². The Labute approximate surface area is 196 Å². The molecule has 0 radical (unpaired) electrons. The highest BCUT2D eigenvalue weighted by Gasteiger charge is 2.36. The van der Waals surface area contributed by atoms with Crippen LogP contribution in [0.25, 0.3) is 0 Å². The van der Waals surface area contributed by atoms with E-state index in [1.165, 1.54) is 32.3 Å². The van der Waals surface area contributed by atoms with Crippen molar-refractivity contribution in [2.24, 2.45) is 5.92 Å². The first-order valence-corrected chi connectivity index (χ1v) is 14.1. The fraction of sp³-hybridized carbons (Fsp3) is 0.550. The van der Waals surface area contributed by atoms with Crippen LogP contribution in [0.15, 0.2) is 39.1 Å². The number of sulfonamides is 1. The number of carbonyl (C=O) groups is 1. The molecule has 2 fully saturated rings. The van der Waals surface area contributed by atoms with Gasteiger partial charge in [-0.15, -0.1) is 11.3 Å². The average Bonchev–Trinajstić information content (AvgIpc) is 3.50. The number of hydrogen-bond donors (Lipinski definition) is 1. The van der Waals surface area contributed by atoms with Gasteiger partial charge in [0.05, 0.1) is 0 Å². The van der Waals surface area contributed by atoms with Gasteiger partial charge in [-0.2, -0.15) is 4.31 Å². The second-order valence-electron chi connectivity index (χ2n) is 8.00. The number of rotatable bonds is 7. The number of thiophene rings is 1. The molecule has 2 aliphatic rings. The summed E-state index contributed by atoms with van der Waals surface area (Å²) in [7, 11) is -3.49. The third kappa shape index (κ3) is 5.03. The highest BCUT2D eigenvalue weighted by Crippen LogP contribution is 2.29. The van der Waals surface area contributed by atoms with E-state index in [0.29, 0.717) is 30.3 Å². The number of carboxylic acid groups (broad SMARTS) is 1. The van der Waals surface area contributed by atoms with Gasteiger partial charge in [0.2, 0.25) is 0 Å². The Morgan fingerprint density at radius 2 is 2.06 bits per heavy atom. The molecular formula is C20H27N5O4S3. The van der Waals surface area contributed by atoms with Gasteiger partial charge in [0.25, 0.3) is 10.0 Å². The maximum Gasteiger partial charge on any atom is 0.407 e. The van der Waals surface area contributed by atoms with E-state index in [1.807, 2.05) is 12.3 Å². The van der Waals surface area contributed by atoms with Gasteiger partial charge < -0.3 is 14.9 Å². The Balaban J connectivity index is 1.35. The predicted molar refractivity (Wildman–Crippen MR) is 125 cm³/mol. The lowest BCUT2D eigenvalue weighted by Gasteiger charge is -2.38. The van der Waals surface area contributed by atoms with Crippen LogP contribution in [-0.2, 0) is 10.0 Å². The standard InChI is InChI=1S/C20H27N5O4S3/c1-30-19-21-8-4-17(22-19)23-9-6-16(7-10-23)25(20(26)27)14-15-5-11-24(13-15)32(28,29)18-3-2-12-31-18/h2-4,8,12,15-16H,5-7,9-11,13-14H2,1H3,(H,26,27). The maximum atomic E-state index is 12.8. The SMILES string of the molecule is CSc1nccc(N2CCC(N(CC3CCN(S(=O)(=O)c4cccs4)C3)C(=O)O)CC2)n1. The van der Waals surface area contributed by atoms with E-state index in [2.05, 4.69) is 14.9 Å². The molecule has 0 aliphatic carbocycles. The van der Waals surface area contributed by atoms with E-state index >= 15 is 0 Å². The average molecular weight is 498 g/mol. The Bertz CT molecular complexity index is 1030. The molecule has 2 saturated heterocycles. The number of aromatic nitrogens is 2. The molecule has 1 atom stereocenters. The summed E-state index contributed by atoms with van der Waals surface area (Å²) in [6.45, 7) is 2.61. The summed E-state index contributed by atoms with van der Waals surface area (Å²) in [4.78, 5) is 24.5. The second kappa shape index (κ2) is 9.94. The third-order valence-electron chi connectivity index (χ3n) is 6.07. The van der Waals surface area contributed by atoms with Gasteiger partial charge in [0.15, 0.2) is 5.16 Å². The number of thioether (sulfide) groups is 1. The van der Waals surface area contributed by atoms with Gasteiger partial charge in [0.1, 0.15) is 10.0 Å². The Morgan fingerprint density at radius 3 is 2.72 bits per heavy atom. The summed E-state index contributed by atoms with van der Waals surface area (Å²) < 4.78 is 27.4. The van der Waals surface area contributed by atoms with Crippen molar-refractivity contribution in [3.63, 3.8) is 0 Å². The van der Waals surface area contributed by atoms with Crippen LogP contribution in [0.4, 0.5) is 10.6 Å². The van der Waals surface area contributed by atoms with Crippen LogP contribution in [0.2, 0.25) is 0 Å². The van der Waals surface area contributed by atoms with Crippen molar-refractivity contribution in [1.29, 1.82) is 0 Å². The van der Waals surface area contributed by atoms with E-state index in [9.17, 15) is 18.3 Å². The molecule has 1 unspecified atom stereocenters. The molecule has 0 bridgehead atoms. The van der Waals surface area contributed by atoms with Crippen molar-refractivity contribution in [3.8, 4) is 0 Å². The largest absolute Gasteiger partial charge is 0.465 e. The Morgan fingerprint density at radius 1 is 1.28 bits per heavy atom. The molecule has 1 amide bonds. The van der Waals surface area contributed by atoms with Gasteiger partial charge in [-0.3, -0.25) is 0 Å². The maximum absolute atomic E-state index is 12.8. The highest BCUT2D eigenvalue weighted by molar-refractivity contribution is 7.98. The molecule has 12 heteroatoms. The summed E-state index contributed by atoms with van der Waals surface area (Å²) in [6, 6.07) is 5.15. The fourth-order valence-electron chi connectivity index (χ4n) is 4.38. The van der Waals surface area contributed by atoms with Gasteiger partial charge >= 0.3 is 6.09 Å². The summed E-state index contributed by atoms with van der Waals surface area (Å²) in [6.07, 6.45) is 4.86. The van der Waals surface area contributed by atoms with Crippen LogP contribution in [0, 0.1) is 5.92 Å². The van der Waals surface area contributed by atoms with Crippen LogP contribution in [0.3, 0.4) is 0 Å². The molecule has 0 aromatic carbocycles. The van der Waals surface area contributed by atoms with Crippen molar-refractivity contribution < 1.29 is 18.3 Å². The number of piperidine rings is 1. The Kier molecular flexibility index (Phi) is 7.23. The molecule has 1 N–H and O–H groups in total.